The van der Waals surface area contributed by atoms with E-state index in [1.165, 1.54) is 18.2 Å². The Morgan fingerprint density at radius 2 is 2.05 bits per heavy atom. The summed E-state index contributed by atoms with van der Waals surface area (Å²) in [6.07, 6.45) is 0.385. The number of sulfonamides is 1. The number of para-hydroxylation sites is 1. The second-order valence-electron chi connectivity index (χ2n) is 4.45. The molecule has 104 valence electrons. The van der Waals surface area contributed by atoms with E-state index in [1.54, 1.807) is 6.07 Å². The van der Waals surface area contributed by atoms with Gasteiger partial charge in [0.15, 0.2) is 0 Å². The Labute approximate surface area is 111 Å². The number of ether oxygens (including phenoxy) is 1. The summed E-state index contributed by atoms with van der Waals surface area (Å²) in [6.45, 7) is 0.511. The molecule has 1 aromatic rings. The van der Waals surface area contributed by atoms with Gasteiger partial charge in [0.25, 0.3) is 0 Å². The summed E-state index contributed by atoms with van der Waals surface area (Å²) in [4.78, 5) is 11.9. The molecule has 1 fully saturated rings. The number of benzene rings is 1. The molecule has 0 saturated carbocycles. The van der Waals surface area contributed by atoms with Gasteiger partial charge in [-0.1, -0.05) is 12.1 Å². The third-order valence-corrected chi connectivity index (χ3v) is 3.92. The summed E-state index contributed by atoms with van der Waals surface area (Å²) in [5.41, 5.74) is 4.88. The van der Waals surface area contributed by atoms with Crippen molar-refractivity contribution in [1.29, 1.82) is 0 Å². The lowest BCUT2D eigenvalue weighted by atomic mass is 9.99. The first-order chi connectivity index (χ1) is 8.83. The smallest absolute Gasteiger partial charge is 0.246 e. The van der Waals surface area contributed by atoms with Crippen LogP contribution in [-0.2, 0) is 19.6 Å². The van der Waals surface area contributed by atoms with Crippen molar-refractivity contribution in [3.8, 4) is 0 Å². The number of carbonyl (C=O) groups is 1. The average Bonchev–Trinajstić information content (AvgIpc) is 2.77. The van der Waals surface area contributed by atoms with Crippen LogP contribution in [0.25, 0.3) is 0 Å². The van der Waals surface area contributed by atoms with E-state index in [0.717, 1.165) is 0 Å². The summed E-state index contributed by atoms with van der Waals surface area (Å²) >= 11 is 0. The van der Waals surface area contributed by atoms with Gasteiger partial charge in [-0.3, -0.25) is 4.79 Å². The zero-order chi connectivity index (χ0) is 14.1. The molecule has 1 heterocycles. The van der Waals surface area contributed by atoms with E-state index in [9.17, 15) is 13.2 Å². The molecule has 0 radical (unpaired) electrons. The normalized spacial score (nSPS) is 23.3. The number of primary sulfonamides is 1. The summed E-state index contributed by atoms with van der Waals surface area (Å²) in [7, 11) is -3.91. The van der Waals surface area contributed by atoms with E-state index in [0.29, 0.717) is 13.0 Å². The number of anilines is 1. The van der Waals surface area contributed by atoms with Crippen LogP contribution in [0.2, 0.25) is 0 Å². The minimum Gasteiger partial charge on any atom is -0.379 e. The van der Waals surface area contributed by atoms with Crippen molar-refractivity contribution < 1.29 is 17.9 Å². The first-order valence-corrected chi connectivity index (χ1v) is 7.17. The highest BCUT2D eigenvalue weighted by molar-refractivity contribution is 7.89. The van der Waals surface area contributed by atoms with E-state index in [4.69, 9.17) is 15.6 Å². The third-order valence-electron chi connectivity index (χ3n) is 2.95. The molecular weight excluding hydrogens is 270 g/mol. The maximum Gasteiger partial charge on any atom is 0.246 e. The van der Waals surface area contributed by atoms with E-state index >= 15 is 0 Å². The fraction of sp³-hybridized carbons (Fsp3) is 0.364. The standard InChI is InChI=1S/C11H15N3O4S/c12-11(5-6-18-7-11)10(15)14-8-3-1-2-4-9(8)19(13,16)17/h1-4H,5-7,12H2,(H,14,15)(H2,13,16,17). The van der Waals surface area contributed by atoms with E-state index in [-0.39, 0.29) is 17.2 Å². The molecule has 8 heteroatoms. The lowest BCUT2D eigenvalue weighted by Crippen LogP contribution is -2.51. The van der Waals surface area contributed by atoms with Gasteiger partial charge in [0.05, 0.1) is 12.3 Å². The molecule has 0 spiro atoms. The molecule has 5 N–H and O–H groups in total. The lowest BCUT2D eigenvalue weighted by Gasteiger charge is -2.21. The molecule has 7 nitrogen and oxygen atoms in total. The first-order valence-electron chi connectivity index (χ1n) is 5.63. The fourth-order valence-corrected chi connectivity index (χ4v) is 2.52. The van der Waals surface area contributed by atoms with Crippen molar-refractivity contribution in [3.05, 3.63) is 24.3 Å². The topological polar surface area (TPSA) is 125 Å². The Kier molecular flexibility index (Phi) is 3.59. The van der Waals surface area contributed by atoms with Crippen LogP contribution in [0.15, 0.2) is 29.2 Å². The molecular formula is C11H15N3O4S. The van der Waals surface area contributed by atoms with Crippen molar-refractivity contribution in [2.75, 3.05) is 18.5 Å². The van der Waals surface area contributed by atoms with Crippen LogP contribution in [0.5, 0.6) is 0 Å². The highest BCUT2D eigenvalue weighted by Crippen LogP contribution is 2.22. The molecule has 2 rings (SSSR count). The summed E-state index contributed by atoms with van der Waals surface area (Å²) < 4.78 is 27.9. The predicted octanol–water partition coefficient (Wildman–Crippen LogP) is -0.610. The second kappa shape index (κ2) is 4.89. The van der Waals surface area contributed by atoms with E-state index < -0.39 is 21.5 Å². The average molecular weight is 285 g/mol. The van der Waals surface area contributed by atoms with Crippen LogP contribution in [0.4, 0.5) is 5.69 Å². The monoisotopic (exact) mass is 285 g/mol. The van der Waals surface area contributed by atoms with E-state index in [1.807, 2.05) is 0 Å². The van der Waals surface area contributed by atoms with Crippen molar-refractivity contribution >= 4 is 21.6 Å². The molecule has 1 saturated heterocycles. The maximum atomic E-state index is 12.1. The number of nitrogens with one attached hydrogen (secondary N) is 1. The Balaban J connectivity index is 2.27. The molecule has 19 heavy (non-hydrogen) atoms. The molecule has 0 aliphatic carbocycles. The number of amides is 1. The molecule has 1 aliphatic heterocycles. The van der Waals surface area contributed by atoms with Gasteiger partial charge in [-0.15, -0.1) is 0 Å². The Morgan fingerprint density at radius 1 is 1.37 bits per heavy atom. The van der Waals surface area contributed by atoms with Crippen LogP contribution >= 0.6 is 0 Å². The lowest BCUT2D eigenvalue weighted by molar-refractivity contribution is -0.121. The molecule has 1 atom stereocenters. The molecule has 1 aliphatic rings. The summed E-state index contributed by atoms with van der Waals surface area (Å²) in [5, 5.41) is 7.58. The van der Waals surface area contributed by atoms with Gasteiger partial charge in [0.2, 0.25) is 15.9 Å². The fourth-order valence-electron chi connectivity index (χ4n) is 1.82. The number of hydrogen-bond acceptors (Lipinski definition) is 5. The molecule has 0 aromatic heterocycles. The van der Waals surface area contributed by atoms with Gasteiger partial charge in [-0.2, -0.15) is 0 Å². The van der Waals surface area contributed by atoms with Crippen molar-refractivity contribution in [2.45, 2.75) is 16.9 Å². The highest BCUT2D eigenvalue weighted by Gasteiger charge is 2.38. The Hall–Kier alpha value is -1.48. The number of rotatable bonds is 3. The minimum atomic E-state index is -3.91. The summed E-state index contributed by atoms with van der Waals surface area (Å²) in [5.74, 6) is -0.485. The quantitative estimate of drug-likeness (QED) is 0.683. The Morgan fingerprint density at radius 3 is 2.63 bits per heavy atom. The van der Waals surface area contributed by atoms with Gasteiger partial charge in [0, 0.05) is 6.61 Å². The van der Waals surface area contributed by atoms with Crippen molar-refractivity contribution in [2.24, 2.45) is 10.9 Å². The number of nitrogens with two attached hydrogens (primary N) is 2. The third kappa shape index (κ3) is 2.92. The second-order valence-corrected chi connectivity index (χ2v) is 5.98. The zero-order valence-electron chi connectivity index (χ0n) is 10.1. The van der Waals surface area contributed by atoms with Crippen LogP contribution < -0.4 is 16.2 Å². The largest absolute Gasteiger partial charge is 0.379 e. The molecule has 1 unspecified atom stereocenters. The van der Waals surface area contributed by atoms with Crippen LogP contribution in [0.1, 0.15) is 6.42 Å². The van der Waals surface area contributed by atoms with Crippen LogP contribution in [0.3, 0.4) is 0 Å². The molecule has 0 bridgehead atoms. The van der Waals surface area contributed by atoms with Crippen molar-refractivity contribution in [1.82, 2.24) is 0 Å². The van der Waals surface area contributed by atoms with Gasteiger partial charge in [0.1, 0.15) is 10.4 Å². The Bertz CT molecular complexity index is 594. The number of carbonyl (C=O) groups excluding carboxylic acids is 1. The van der Waals surface area contributed by atoms with E-state index in [2.05, 4.69) is 5.32 Å². The van der Waals surface area contributed by atoms with Gasteiger partial charge in [-0.25, -0.2) is 13.6 Å². The minimum absolute atomic E-state index is 0.108. The highest BCUT2D eigenvalue weighted by atomic mass is 32.2. The zero-order valence-corrected chi connectivity index (χ0v) is 10.9. The first kappa shape index (κ1) is 13.9. The van der Waals surface area contributed by atoms with Crippen molar-refractivity contribution in [3.63, 3.8) is 0 Å². The van der Waals surface area contributed by atoms with Gasteiger partial charge in [-0.05, 0) is 18.6 Å². The van der Waals surface area contributed by atoms with Gasteiger partial charge >= 0.3 is 0 Å². The SMILES string of the molecule is NC1(C(=O)Nc2ccccc2S(N)(=O)=O)CCOC1. The predicted molar refractivity (Wildman–Crippen MR) is 68.8 cm³/mol. The summed E-state index contributed by atoms with van der Waals surface area (Å²) in [6, 6.07) is 5.89. The van der Waals surface area contributed by atoms with Crippen LogP contribution in [-0.4, -0.2) is 33.1 Å². The number of hydrogen-bond donors (Lipinski definition) is 3. The van der Waals surface area contributed by atoms with Gasteiger partial charge < -0.3 is 15.8 Å². The maximum absolute atomic E-state index is 12.1. The van der Waals surface area contributed by atoms with Crippen LogP contribution in [0, 0.1) is 0 Å². The molecule has 1 aromatic carbocycles. The molecule has 1 amide bonds.